The molecule has 8 nitrogen and oxygen atoms in total. The fourth-order valence-corrected chi connectivity index (χ4v) is 4.12. The van der Waals surface area contributed by atoms with Gasteiger partial charge in [-0.3, -0.25) is 19.0 Å². The average molecular weight is 404 g/mol. The number of hydrogen-bond acceptors (Lipinski definition) is 7. The van der Waals surface area contributed by atoms with Gasteiger partial charge in [-0.15, -0.1) is 0 Å². The van der Waals surface area contributed by atoms with Crippen LogP contribution in [0, 0.1) is 11.3 Å². The van der Waals surface area contributed by atoms with Crippen molar-refractivity contribution in [3.8, 4) is 11.8 Å². The molecule has 0 saturated heterocycles. The van der Waals surface area contributed by atoms with Crippen molar-refractivity contribution in [1.82, 2.24) is 4.57 Å². The number of hydrogen-bond donors (Lipinski definition) is 0. The molecule has 2 heterocycles. The molecule has 2 aromatic carbocycles. The maximum Gasteiger partial charge on any atom is 0.334 e. The number of rotatable bonds is 3. The number of fused-ring (bicyclic) bond motifs is 4. The van der Waals surface area contributed by atoms with Crippen molar-refractivity contribution in [3.05, 3.63) is 64.8 Å². The van der Waals surface area contributed by atoms with Gasteiger partial charge >= 0.3 is 11.9 Å². The number of para-hydroxylation sites is 1. The van der Waals surface area contributed by atoms with Crippen LogP contribution in [-0.2, 0) is 24.5 Å². The number of benzene rings is 2. The Labute approximate surface area is 171 Å². The SMILES string of the molecule is COC(=O)C1(C(=O)OC)c2cc(OC)ccc2C(=O)n2c1c(C#N)c1ccccc12. The van der Waals surface area contributed by atoms with Gasteiger partial charge in [0.25, 0.3) is 5.91 Å². The van der Waals surface area contributed by atoms with Crippen LogP contribution in [-0.4, -0.2) is 43.7 Å². The molecule has 8 heteroatoms. The lowest BCUT2D eigenvalue weighted by Crippen LogP contribution is -2.52. The molecule has 3 aromatic rings. The average Bonchev–Trinajstić information content (AvgIpc) is 3.13. The molecule has 0 radical (unpaired) electrons. The maximum atomic E-state index is 13.5. The maximum absolute atomic E-state index is 13.5. The Morgan fingerprint density at radius 2 is 1.70 bits per heavy atom. The molecule has 150 valence electrons. The summed E-state index contributed by atoms with van der Waals surface area (Å²) in [5, 5.41) is 10.4. The van der Waals surface area contributed by atoms with Gasteiger partial charge in [0.1, 0.15) is 11.8 Å². The number of aromatic nitrogens is 1. The quantitative estimate of drug-likeness (QED) is 0.486. The summed E-state index contributed by atoms with van der Waals surface area (Å²) >= 11 is 0. The second-order valence-electron chi connectivity index (χ2n) is 6.64. The van der Waals surface area contributed by atoms with E-state index in [4.69, 9.17) is 14.2 Å². The summed E-state index contributed by atoms with van der Waals surface area (Å²) in [6, 6.07) is 13.2. The lowest BCUT2D eigenvalue weighted by Gasteiger charge is -2.35. The highest BCUT2D eigenvalue weighted by atomic mass is 16.5. The second-order valence-corrected chi connectivity index (χ2v) is 6.64. The molecule has 0 fully saturated rings. The molecule has 0 saturated carbocycles. The summed E-state index contributed by atoms with van der Waals surface area (Å²) in [5.41, 5.74) is -1.74. The van der Waals surface area contributed by atoms with Crippen LogP contribution >= 0.6 is 0 Å². The second kappa shape index (κ2) is 6.74. The summed E-state index contributed by atoms with van der Waals surface area (Å²) < 4.78 is 16.5. The van der Waals surface area contributed by atoms with Crippen molar-refractivity contribution < 1.29 is 28.6 Å². The Hall–Kier alpha value is -4.12. The van der Waals surface area contributed by atoms with E-state index in [9.17, 15) is 19.6 Å². The number of methoxy groups -OCH3 is 3. The largest absolute Gasteiger partial charge is 0.497 e. The molecular weight excluding hydrogens is 388 g/mol. The first-order chi connectivity index (χ1) is 14.5. The number of nitrogens with zero attached hydrogens (tertiary/aromatic N) is 2. The van der Waals surface area contributed by atoms with E-state index < -0.39 is 23.3 Å². The standard InChI is InChI=1S/C22H16N2O6/c1-28-12-8-9-14-16(10-12)22(20(26)29-2,21(27)30-3)18-15(11-23)13-6-4-5-7-17(13)24(18)19(14)25/h4-10H,1-3H3. The number of carbonyl (C=O) groups excluding carboxylic acids is 3. The van der Waals surface area contributed by atoms with Gasteiger partial charge in [-0.2, -0.15) is 5.26 Å². The van der Waals surface area contributed by atoms with Crippen LogP contribution in [0.3, 0.4) is 0 Å². The van der Waals surface area contributed by atoms with Crippen molar-refractivity contribution in [2.45, 2.75) is 5.41 Å². The van der Waals surface area contributed by atoms with Crippen LogP contribution in [0.25, 0.3) is 10.9 Å². The first kappa shape index (κ1) is 19.2. The summed E-state index contributed by atoms with van der Waals surface area (Å²) in [6.07, 6.45) is 0. The van der Waals surface area contributed by atoms with Gasteiger partial charge in [0, 0.05) is 16.5 Å². The molecule has 0 unspecified atom stereocenters. The normalized spacial score (nSPS) is 13.7. The minimum Gasteiger partial charge on any atom is -0.497 e. The van der Waals surface area contributed by atoms with Crippen molar-refractivity contribution >= 4 is 28.7 Å². The molecule has 0 amide bonds. The van der Waals surface area contributed by atoms with Crippen LogP contribution in [0.15, 0.2) is 42.5 Å². The minimum atomic E-state index is -2.19. The third kappa shape index (κ3) is 2.17. The van der Waals surface area contributed by atoms with Crippen LogP contribution < -0.4 is 4.74 Å². The Kier molecular flexibility index (Phi) is 4.32. The number of nitriles is 1. The fourth-order valence-electron chi connectivity index (χ4n) is 4.12. The third-order valence-electron chi connectivity index (χ3n) is 5.39. The van der Waals surface area contributed by atoms with Crippen LogP contribution in [0.4, 0.5) is 0 Å². The van der Waals surface area contributed by atoms with Crippen molar-refractivity contribution in [2.24, 2.45) is 0 Å². The molecule has 4 rings (SSSR count). The zero-order valence-corrected chi connectivity index (χ0v) is 16.4. The number of carbonyl (C=O) groups is 3. The fraction of sp³-hybridized carbons (Fsp3) is 0.182. The molecule has 1 aliphatic rings. The van der Waals surface area contributed by atoms with Crippen LogP contribution in [0.2, 0.25) is 0 Å². The Morgan fingerprint density at radius 1 is 1.03 bits per heavy atom. The first-order valence-electron chi connectivity index (χ1n) is 8.91. The highest BCUT2D eigenvalue weighted by Gasteiger charge is 2.60. The van der Waals surface area contributed by atoms with Gasteiger partial charge in [0.15, 0.2) is 0 Å². The molecule has 0 N–H and O–H groups in total. The number of esters is 2. The van der Waals surface area contributed by atoms with Crippen LogP contribution in [0.1, 0.15) is 27.2 Å². The molecule has 0 spiro atoms. The molecule has 0 aliphatic carbocycles. The third-order valence-corrected chi connectivity index (χ3v) is 5.39. The molecule has 0 atom stereocenters. The monoisotopic (exact) mass is 404 g/mol. The van der Waals surface area contributed by atoms with E-state index in [1.54, 1.807) is 30.3 Å². The van der Waals surface area contributed by atoms with Gasteiger partial charge in [0.05, 0.1) is 38.1 Å². The van der Waals surface area contributed by atoms with E-state index in [0.717, 1.165) is 14.2 Å². The molecule has 1 aliphatic heterocycles. The molecule has 30 heavy (non-hydrogen) atoms. The lowest BCUT2D eigenvalue weighted by molar-refractivity contribution is -0.159. The van der Waals surface area contributed by atoms with Crippen molar-refractivity contribution in [2.75, 3.05) is 21.3 Å². The molecule has 1 aromatic heterocycles. The highest BCUT2D eigenvalue weighted by molar-refractivity contribution is 6.19. The smallest absolute Gasteiger partial charge is 0.334 e. The predicted molar refractivity (Wildman–Crippen MR) is 104 cm³/mol. The van der Waals surface area contributed by atoms with Gasteiger partial charge in [-0.25, -0.2) is 0 Å². The van der Waals surface area contributed by atoms with E-state index in [-0.39, 0.29) is 22.4 Å². The van der Waals surface area contributed by atoms with Crippen molar-refractivity contribution in [1.29, 1.82) is 5.26 Å². The lowest BCUT2D eigenvalue weighted by atomic mass is 9.71. The van der Waals surface area contributed by atoms with Gasteiger partial charge in [0.2, 0.25) is 5.41 Å². The molecular formula is C22H16N2O6. The number of ether oxygens (including phenoxy) is 3. The van der Waals surface area contributed by atoms with E-state index in [1.807, 2.05) is 0 Å². The van der Waals surface area contributed by atoms with E-state index in [1.165, 1.54) is 23.8 Å². The predicted octanol–water partition coefficient (Wildman–Crippen LogP) is 2.16. The topological polar surface area (TPSA) is 108 Å². The zero-order chi connectivity index (χ0) is 21.6. The van der Waals surface area contributed by atoms with E-state index in [0.29, 0.717) is 16.7 Å². The summed E-state index contributed by atoms with van der Waals surface area (Å²) in [7, 11) is 3.67. The Bertz CT molecular complexity index is 1260. The summed E-state index contributed by atoms with van der Waals surface area (Å²) in [4.78, 5) is 40.0. The van der Waals surface area contributed by atoms with Crippen LogP contribution in [0.5, 0.6) is 5.75 Å². The zero-order valence-electron chi connectivity index (χ0n) is 16.4. The molecule has 0 bridgehead atoms. The summed E-state index contributed by atoms with van der Waals surface area (Å²) in [6.45, 7) is 0. The van der Waals surface area contributed by atoms with E-state index >= 15 is 0 Å². The summed E-state index contributed by atoms with van der Waals surface area (Å²) in [5.74, 6) is -2.11. The van der Waals surface area contributed by atoms with Gasteiger partial charge in [-0.1, -0.05) is 18.2 Å². The minimum absolute atomic E-state index is 0.0169. The Morgan fingerprint density at radius 3 is 2.30 bits per heavy atom. The van der Waals surface area contributed by atoms with Gasteiger partial charge < -0.3 is 14.2 Å². The first-order valence-corrected chi connectivity index (χ1v) is 8.91. The van der Waals surface area contributed by atoms with E-state index in [2.05, 4.69) is 6.07 Å². The Balaban J connectivity index is 2.30. The van der Waals surface area contributed by atoms with Crippen molar-refractivity contribution in [3.63, 3.8) is 0 Å². The van der Waals surface area contributed by atoms with Gasteiger partial charge in [-0.05, 0) is 24.3 Å². The highest BCUT2D eigenvalue weighted by Crippen LogP contribution is 2.46.